The number of halogens is 2. The average molecular weight is 492 g/mol. The van der Waals surface area contributed by atoms with E-state index in [2.05, 4.69) is 10.3 Å². The van der Waals surface area contributed by atoms with E-state index in [1.165, 1.54) is 28.7 Å². The highest BCUT2D eigenvalue weighted by Crippen LogP contribution is 2.29. The molecule has 1 aliphatic heterocycles. The molecule has 1 aromatic heterocycles. The summed E-state index contributed by atoms with van der Waals surface area (Å²) >= 11 is 6.18. The van der Waals surface area contributed by atoms with E-state index in [0.29, 0.717) is 30.2 Å². The molecule has 2 heterocycles. The van der Waals surface area contributed by atoms with Gasteiger partial charge in [0.2, 0.25) is 15.9 Å². The zero-order chi connectivity index (χ0) is 23.4. The summed E-state index contributed by atoms with van der Waals surface area (Å²) in [7, 11) is -3.74. The number of hydrogen-bond acceptors (Lipinski definition) is 5. The Hall–Kier alpha value is -2.75. The number of rotatable bonds is 7. The molecule has 2 aromatic carbocycles. The van der Waals surface area contributed by atoms with E-state index in [0.717, 1.165) is 19.3 Å². The van der Waals surface area contributed by atoms with Crippen LogP contribution < -0.4 is 5.32 Å². The van der Waals surface area contributed by atoms with Crippen molar-refractivity contribution >= 4 is 33.2 Å². The number of aryl methyl sites for hydroxylation is 1. The van der Waals surface area contributed by atoms with Crippen LogP contribution in [0, 0.1) is 5.82 Å². The van der Waals surface area contributed by atoms with Crippen LogP contribution in [0.3, 0.4) is 0 Å². The van der Waals surface area contributed by atoms with Crippen molar-refractivity contribution < 1.29 is 22.0 Å². The third-order valence-corrected chi connectivity index (χ3v) is 7.79. The molecule has 0 bridgehead atoms. The fraction of sp³-hybridized carbons (Fsp3) is 0.304. The van der Waals surface area contributed by atoms with Crippen molar-refractivity contribution in [3.8, 4) is 11.3 Å². The van der Waals surface area contributed by atoms with Crippen molar-refractivity contribution in [2.45, 2.75) is 37.0 Å². The molecule has 4 rings (SSSR count). The molecule has 0 aliphatic carbocycles. The van der Waals surface area contributed by atoms with Crippen molar-refractivity contribution in [2.24, 2.45) is 0 Å². The second-order valence-corrected chi connectivity index (χ2v) is 10.1. The zero-order valence-electron chi connectivity index (χ0n) is 17.8. The van der Waals surface area contributed by atoms with Gasteiger partial charge in [-0.05, 0) is 43.2 Å². The lowest BCUT2D eigenvalue weighted by atomic mass is 10.2. The summed E-state index contributed by atoms with van der Waals surface area (Å²) in [4.78, 5) is 16.5. The first kappa shape index (κ1) is 23.4. The van der Waals surface area contributed by atoms with E-state index in [4.69, 9.17) is 16.0 Å². The predicted octanol–water partition coefficient (Wildman–Crippen LogP) is 4.88. The topological polar surface area (TPSA) is 92.5 Å². The van der Waals surface area contributed by atoms with Crippen molar-refractivity contribution in [1.29, 1.82) is 0 Å². The molecule has 33 heavy (non-hydrogen) atoms. The van der Waals surface area contributed by atoms with Crippen LogP contribution >= 0.6 is 11.6 Å². The van der Waals surface area contributed by atoms with Gasteiger partial charge in [0.25, 0.3) is 0 Å². The molecular weight excluding hydrogens is 469 g/mol. The minimum atomic E-state index is -3.74. The van der Waals surface area contributed by atoms with Gasteiger partial charge < -0.3 is 9.73 Å². The first-order valence-corrected chi connectivity index (χ1v) is 12.5. The minimum Gasteiger partial charge on any atom is -0.441 e. The number of aromatic nitrogens is 1. The Morgan fingerprint density at radius 3 is 2.67 bits per heavy atom. The highest BCUT2D eigenvalue weighted by molar-refractivity contribution is 7.89. The van der Waals surface area contributed by atoms with Gasteiger partial charge in [0.15, 0.2) is 11.7 Å². The van der Waals surface area contributed by atoms with E-state index in [1.807, 2.05) is 0 Å². The van der Waals surface area contributed by atoms with Crippen LogP contribution in [0.2, 0.25) is 5.02 Å². The summed E-state index contributed by atoms with van der Waals surface area (Å²) in [5.74, 6) is -0.179. The fourth-order valence-electron chi connectivity index (χ4n) is 3.68. The molecule has 1 amide bonds. The van der Waals surface area contributed by atoms with Crippen LogP contribution in [0.4, 0.5) is 10.1 Å². The Bertz CT molecular complexity index is 1260. The number of oxazole rings is 1. The largest absolute Gasteiger partial charge is 0.441 e. The normalized spacial score (nSPS) is 14.8. The summed E-state index contributed by atoms with van der Waals surface area (Å²) < 4.78 is 46.9. The number of anilines is 1. The molecule has 0 spiro atoms. The van der Waals surface area contributed by atoms with Crippen LogP contribution in [-0.4, -0.2) is 36.7 Å². The first-order valence-electron chi connectivity index (χ1n) is 10.6. The third-order valence-electron chi connectivity index (χ3n) is 5.41. The quantitative estimate of drug-likeness (QED) is 0.508. The molecule has 1 saturated heterocycles. The van der Waals surface area contributed by atoms with Gasteiger partial charge >= 0.3 is 0 Å². The van der Waals surface area contributed by atoms with E-state index < -0.39 is 15.8 Å². The Morgan fingerprint density at radius 1 is 1.15 bits per heavy atom. The summed E-state index contributed by atoms with van der Waals surface area (Å²) in [6.07, 6.45) is 4.30. The van der Waals surface area contributed by atoms with Gasteiger partial charge in [0.1, 0.15) is 10.7 Å². The first-order chi connectivity index (χ1) is 15.8. The van der Waals surface area contributed by atoms with Gasteiger partial charge in [0.05, 0.1) is 16.8 Å². The van der Waals surface area contributed by atoms with Crippen molar-refractivity contribution in [2.75, 3.05) is 18.4 Å². The number of carbonyl (C=O) groups excluding carboxylic acids is 1. The molecule has 3 aromatic rings. The Morgan fingerprint density at radius 2 is 1.91 bits per heavy atom. The van der Waals surface area contributed by atoms with Gasteiger partial charge in [-0.1, -0.05) is 30.2 Å². The number of sulfonamides is 1. The van der Waals surface area contributed by atoms with Gasteiger partial charge in [0, 0.05) is 31.6 Å². The molecule has 174 valence electrons. The highest BCUT2D eigenvalue weighted by Gasteiger charge is 2.28. The second kappa shape index (κ2) is 10.0. The van der Waals surface area contributed by atoms with Crippen LogP contribution in [0.5, 0.6) is 0 Å². The third kappa shape index (κ3) is 5.43. The fourth-order valence-corrected chi connectivity index (χ4v) is 5.70. The average Bonchev–Trinajstić information content (AvgIpc) is 3.28. The highest BCUT2D eigenvalue weighted by atomic mass is 35.5. The van der Waals surface area contributed by atoms with Crippen LogP contribution in [0.15, 0.2) is 58.0 Å². The van der Waals surface area contributed by atoms with Gasteiger partial charge in [-0.2, -0.15) is 4.31 Å². The number of benzene rings is 2. The maximum atomic E-state index is 13.9. The summed E-state index contributed by atoms with van der Waals surface area (Å²) in [5, 5.41) is 2.80. The summed E-state index contributed by atoms with van der Waals surface area (Å²) in [6, 6.07) is 10.6. The van der Waals surface area contributed by atoms with E-state index >= 15 is 0 Å². The van der Waals surface area contributed by atoms with E-state index in [-0.39, 0.29) is 34.4 Å². The molecule has 1 aliphatic rings. The van der Waals surface area contributed by atoms with Gasteiger partial charge in [-0.25, -0.2) is 17.8 Å². The molecule has 0 saturated carbocycles. The van der Waals surface area contributed by atoms with Crippen LogP contribution in [0.25, 0.3) is 11.3 Å². The Kier molecular flexibility index (Phi) is 7.11. The van der Waals surface area contributed by atoms with Crippen molar-refractivity contribution in [3.63, 3.8) is 0 Å². The minimum absolute atomic E-state index is 0.0221. The molecule has 1 N–H and O–H groups in total. The van der Waals surface area contributed by atoms with Crippen molar-refractivity contribution in [3.05, 3.63) is 65.4 Å². The maximum absolute atomic E-state index is 13.9. The Labute approximate surface area is 196 Å². The van der Waals surface area contributed by atoms with E-state index in [9.17, 15) is 17.6 Å². The monoisotopic (exact) mass is 491 g/mol. The van der Waals surface area contributed by atoms with Crippen LogP contribution in [-0.2, 0) is 21.2 Å². The van der Waals surface area contributed by atoms with E-state index in [1.54, 1.807) is 24.3 Å². The lowest BCUT2D eigenvalue weighted by Gasteiger charge is -2.26. The molecule has 10 heteroatoms. The predicted molar refractivity (Wildman–Crippen MR) is 123 cm³/mol. The second-order valence-electron chi connectivity index (χ2n) is 7.76. The van der Waals surface area contributed by atoms with Crippen LogP contribution in [0.1, 0.15) is 31.6 Å². The summed E-state index contributed by atoms with van der Waals surface area (Å²) in [5.41, 5.74) is 0.628. The maximum Gasteiger partial charge on any atom is 0.244 e. The molecule has 1 fully saturated rings. The Balaban J connectivity index is 1.40. The number of amides is 1. The number of nitrogens with zero attached hydrogens (tertiary/aromatic N) is 2. The lowest BCUT2D eigenvalue weighted by Crippen LogP contribution is -2.35. The lowest BCUT2D eigenvalue weighted by molar-refractivity contribution is -0.116. The molecular formula is C23H23ClFN3O4S. The zero-order valence-corrected chi connectivity index (χ0v) is 19.3. The van der Waals surface area contributed by atoms with Crippen molar-refractivity contribution in [1.82, 2.24) is 9.29 Å². The standard InChI is InChI=1S/C23H23ClFN3O4S/c24-18-9-8-16(14-21(18)33(30,31)28-12-4-1-5-13-28)27-22(29)10-11-23-26-15-20(32-23)17-6-2-3-7-19(17)25/h2-3,6-9,14-15H,1,4-5,10-13H2,(H,27,29). The van der Waals surface area contributed by atoms with Gasteiger partial charge in [-0.3, -0.25) is 4.79 Å². The number of hydrogen-bond donors (Lipinski definition) is 1. The molecule has 7 nitrogen and oxygen atoms in total. The molecule has 0 unspecified atom stereocenters. The summed E-state index contributed by atoms with van der Waals surface area (Å²) in [6.45, 7) is 0.917. The smallest absolute Gasteiger partial charge is 0.244 e. The molecule has 0 atom stereocenters. The molecule has 0 radical (unpaired) electrons. The SMILES string of the molecule is O=C(CCc1ncc(-c2ccccc2F)o1)Nc1ccc(Cl)c(S(=O)(=O)N2CCCCC2)c1. The number of piperidine rings is 1. The number of carbonyl (C=O) groups is 1. The van der Waals surface area contributed by atoms with Gasteiger partial charge in [-0.15, -0.1) is 0 Å². The number of nitrogens with one attached hydrogen (secondary N) is 1.